The van der Waals surface area contributed by atoms with Crippen molar-refractivity contribution in [2.24, 2.45) is 0 Å². The van der Waals surface area contributed by atoms with E-state index in [2.05, 4.69) is 10.6 Å². The average molecular weight is 282 g/mol. The first-order valence-corrected chi connectivity index (χ1v) is 7.33. The third-order valence-corrected chi connectivity index (χ3v) is 3.64. The molecular weight excluding hydrogens is 253 g/mol. The number of halogens is 3. The molecule has 0 radical (unpaired) electrons. The van der Waals surface area contributed by atoms with Crippen LogP contribution in [0.4, 0.5) is 13.2 Å². The Kier molecular flexibility index (Phi) is 8.66. The summed E-state index contributed by atoms with van der Waals surface area (Å²) in [5.41, 5.74) is 0. The number of hydrogen-bond donors (Lipinski definition) is 2. The molecule has 0 amide bonds. The minimum absolute atomic E-state index is 0.0919. The molecule has 4 unspecified atom stereocenters. The fraction of sp³-hybridized carbons (Fsp3) is 1.00. The maximum Gasteiger partial charge on any atom is 0.403 e. The van der Waals surface area contributed by atoms with E-state index in [0.29, 0.717) is 12.8 Å². The van der Waals surface area contributed by atoms with Gasteiger partial charge >= 0.3 is 6.18 Å². The van der Waals surface area contributed by atoms with Gasteiger partial charge in [-0.05, 0) is 39.5 Å². The van der Waals surface area contributed by atoms with Gasteiger partial charge in [0, 0.05) is 18.1 Å². The minimum Gasteiger partial charge on any atom is -0.311 e. The smallest absolute Gasteiger partial charge is 0.311 e. The van der Waals surface area contributed by atoms with Crippen LogP contribution < -0.4 is 10.6 Å². The number of hydrogen-bond acceptors (Lipinski definition) is 2. The Balaban J connectivity index is 4.59. The van der Waals surface area contributed by atoms with Crippen molar-refractivity contribution in [1.29, 1.82) is 0 Å². The lowest BCUT2D eigenvalue weighted by atomic mass is 10.0. The quantitative estimate of drug-likeness (QED) is 0.671. The molecule has 0 aromatic heterocycles. The van der Waals surface area contributed by atoms with Crippen LogP contribution in [0.15, 0.2) is 0 Å². The van der Waals surface area contributed by atoms with E-state index in [-0.39, 0.29) is 24.5 Å². The normalized spacial score (nSPS) is 18.9. The lowest BCUT2D eigenvalue weighted by molar-refractivity contribution is -0.160. The summed E-state index contributed by atoms with van der Waals surface area (Å²) in [7, 11) is 0. The predicted octanol–water partition coefficient (Wildman–Crippen LogP) is 3.86. The molecular formula is C14H29F3N2. The van der Waals surface area contributed by atoms with Crippen molar-refractivity contribution < 1.29 is 13.2 Å². The van der Waals surface area contributed by atoms with Gasteiger partial charge in [0.15, 0.2) is 0 Å². The first-order chi connectivity index (χ1) is 8.74. The fourth-order valence-electron chi connectivity index (χ4n) is 1.91. The van der Waals surface area contributed by atoms with Gasteiger partial charge in [0.2, 0.25) is 0 Å². The number of rotatable bonds is 9. The van der Waals surface area contributed by atoms with Crippen LogP contribution in [0.2, 0.25) is 0 Å². The largest absolute Gasteiger partial charge is 0.403 e. The Morgan fingerprint density at radius 1 is 0.842 bits per heavy atom. The van der Waals surface area contributed by atoms with Crippen LogP contribution in [0.5, 0.6) is 0 Å². The zero-order valence-electron chi connectivity index (χ0n) is 12.8. The molecule has 0 bridgehead atoms. The molecule has 0 fully saturated rings. The summed E-state index contributed by atoms with van der Waals surface area (Å²) in [6, 6.07) is -1.39. The van der Waals surface area contributed by atoms with Gasteiger partial charge in [0.1, 0.15) is 6.04 Å². The zero-order valence-corrected chi connectivity index (χ0v) is 12.8. The summed E-state index contributed by atoms with van der Waals surface area (Å²) < 4.78 is 39.1. The molecule has 2 N–H and O–H groups in total. The van der Waals surface area contributed by atoms with Crippen molar-refractivity contribution in [3.8, 4) is 0 Å². The van der Waals surface area contributed by atoms with E-state index in [1.807, 2.05) is 27.7 Å². The molecule has 19 heavy (non-hydrogen) atoms. The van der Waals surface area contributed by atoms with Crippen molar-refractivity contribution in [2.45, 2.75) is 90.6 Å². The SMILES string of the molecule is CCC(C)NC(CC)CC(NC(C)CC)C(F)(F)F. The summed E-state index contributed by atoms with van der Waals surface area (Å²) in [6.07, 6.45) is -1.77. The predicted molar refractivity (Wildman–Crippen MR) is 74.3 cm³/mol. The highest BCUT2D eigenvalue weighted by Gasteiger charge is 2.40. The second kappa shape index (κ2) is 8.80. The summed E-state index contributed by atoms with van der Waals surface area (Å²) in [5, 5.41) is 5.97. The van der Waals surface area contributed by atoms with E-state index < -0.39 is 12.2 Å². The van der Waals surface area contributed by atoms with Crippen LogP contribution in [-0.4, -0.2) is 30.3 Å². The molecule has 5 heteroatoms. The second-order valence-corrected chi connectivity index (χ2v) is 5.39. The Morgan fingerprint density at radius 3 is 1.68 bits per heavy atom. The maximum absolute atomic E-state index is 13.0. The van der Waals surface area contributed by atoms with Crippen molar-refractivity contribution in [1.82, 2.24) is 10.6 Å². The van der Waals surface area contributed by atoms with Crippen LogP contribution in [0.25, 0.3) is 0 Å². The first kappa shape index (κ1) is 18.7. The Bertz CT molecular complexity index is 231. The third kappa shape index (κ3) is 7.78. The van der Waals surface area contributed by atoms with E-state index >= 15 is 0 Å². The van der Waals surface area contributed by atoms with E-state index in [4.69, 9.17) is 0 Å². The lowest BCUT2D eigenvalue weighted by Crippen LogP contribution is -2.50. The van der Waals surface area contributed by atoms with Gasteiger partial charge in [0.25, 0.3) is 0 Å². The summed E-state index contributed by atoms with van der Waals surface area (Å²) in [6.45, 7) is 9.65. The first-order valence-electron chi connectivity index (χ1n) is 7.33. The van der Waals surface area contributed by atoms with Gasteiger partial charge in [-0.25, -0.2) is 0 Å². The average Bonchev–Trinajstić information content (AvgIpc) is 2.34. The van der Waals surface area contributed by atoms with Gasteiger partial charge in [-0.15, -0.1) is 0 Å². The van der Waals surface area contributed by atoms with Gasteiger partial charge < -0.3 is 10.6 Å². The van der Waals surface area contributed by atoms with Crippen molar-refractivity contribution in [3.63, 3.8) is 0 Å². The number of nitrogens with one attached hydrogen (secondary N) is 2. The molecule has 0 aliphatic rings. The van der Waals surface area contributed by atoms with Crippen LogP contribution in [0.1, 0.15) is 60.3 Å². The van der Waals surface area contributed by atoms with E-state index in [9.17, 15) is 13.2 Å². The van der Waals surface area contributed by atoms with Gasteiger partial charge in [0.05, 0.1) is 0 Å². The van der Waals surface area contributed by atoms with Crippen LogP contribution >= 0.6 is 0 Å². The molecule has 0 saturated carbocycles. The number of alkyl halides is 3. The standard InChI is InChI=1S/C14H29F3N2/c1-6-10(4)18-12(8-3)9-13(14(15,16)17)19-11(5)7-2/h10-13,18-19H,6-9H2,1-5H3. The topological polar surface area (TPSA) is 24.1 Å². The van der Waals surface area contributed by atoms with Crippen LogP contribution in [-0.2, 0) is 0 Å². The summed E-state index contributed by atoms with van der Waals surface area (Å²) in [4.78, 5) is 0. The molecule has 4 atom stereocenters. The van der Waals surface area contributed by atoms with Gasteiger partial charge in [-0.2, -0.15) is 13.2 Å². The fourth-order valence-corrected chi connectivity index (χ4v) is 1.91. The highest BCUT2D eigenvalue weighted by atomic mass is 19.4. The summed E-state index contributed by atoms with van der Waals surface area (Å²) >= 11 is 0. The molecule has 0 rings (SSSR count). The highest BCUT2D eigenvalue weighted by molar-refractivity contribution is 4.84. The molecule has 0 aromatic carbocycles. The third-order valence-electron chi connectivity index (χ3n) is 3.64. The summed E-state index contributed by atoms with van der Waals surface area (Å²) in [5.74, 6) is 0. The van der Waals surface area contributed by atoms with Gasteiger partial charge in [-0.3, -0.25) is 0 Å². The Morgan fingerprint density at radius 2 is 1.32 bits per heavy atom. The van der Waals surface area contributed by atoms with Gasteiger partial charge in [-0.1, -0.05) is 20.8 Å². The molecule has 0 spiro atoms. The second-order valence-electron chi connectivity index (χ2n) is 5.39. The highest BCUT2D eigenvalue weighted by Crippen LogP contribution is 2.25. The molecule has 0 aromatic rings. The van der Waals surface area contributed by atoms with Crippen molar-refractivity contribution in [2.75, 3.05) is 0 Å². The Hall–Kier alpha value is -0.290. The molecule has 0 saturated heterocycles. The molecule has 116 valence electrons. The van der Waals surface area contributed by atoms with E-state index in [1.54, 1.807) is 6.92 Å². The maximum atomic E-state index is 13.0. The molecule has 2 nitrogen and oxygen atoms in total. The van der Waals surface area contributed by atoms with Crippen LogP contribution in [0, 0.1) is 0 Å². The molecule has 0 aliphatic heterocycles. The Labute approximate surface area is 115 Å². The molecule has 0 heterocycles. The van der Waals surface area contributed by atoms with Crippen molar-refractivity contribution >= 4 is 0 Å². The molecule has 0 aliphatic carbocycles. The lowest BCUT2D eigenvalue weighted by Gasteiger charge is -2.30. The minimum atomic E-state index is -4.19. The van der Waals surface area contributed by atoms with Crippen molar-refractivity contribution in [3.05, 3.63) is 0 Å². The van der Waals surface area contributed by atoms with Crippen LogP contribution in [0.3, 0.4) is 0 Å². The monoisotopic (exact) mass is 282 g/mol. The zero-order chi connectivity index (χ0) is 15.1. The van der Waals surface area contributed by atoms with E-state index in [1.165, 1.54) is 0 Å². The van der Waals surface area contributed by atoms with E-state index in [0.717, 1.165) is 6.42 Å².